The first-order chi connectivity index (χ1) is 15.0. The van der Waals surface area contributed by atoms with Gasteiger partial charge in [-0.2, -0.15) is 0 Å². The van der Waals surface area contributed by atoms with E-state index in [0.29, 0.717) is 56.2 Å². The van der Waals surface area contributed by atoms with Crippen LogP contribution < -0.4 is 16.0 Å². The summed E-state index contributed by atoms with van der Waals surface area (Å²) in [5, 5.41) is 10.8. The number of likely N-dealkylation sites (tertiary alicyclic amines) is 1. The van der Waals surface area contributed by atoms with Crippen molar-refractivity contribution in [1.29, 1.82) is 0 Å². The van der Waals surface area contributed by atoms with E-state index in [4.69, 9.17) is 4.74 Å². The van der Waals surface area contributed by atoms with Crippen LogP contribution in [0, 0.1) is 0 Å². The standard InChI is InChI=1S/C21H27N5O4S/c1-2-30-21(29)26-12-10-16(11-13-26)22-18(27)9-8-17-14-31-20(24-17)25-19(28)23-15-6-4-3-5-7-15/h3-7,14,16H,2,8-13H2,1H3,(H,22,27)(H2,23,24,25,28). The Morgan fingerprint density at radius 2 is 1.90 bits per heavy atom. The highest BCUT2D eigenvalue weighted by Gasteiger charge is 2.24. The number of anilines is 2. The Kier molecular flexibility index (Phi) is 8.22. The monoisotopic (exact) mass is 445 g/mol. The van der Waals surface area contributed by atoms with Gasteiger partial charge in [0.05, 0.1) is 12.3 Å². The Bertz CT molecular complexity index is 881. The van der Waals surface area contributed by atoms with Crippen LogP contribution in [-0.2, 0) is 16.0 Å². The second-order valence-electron chi connectivity index (χ2n) is 7.12. The minimum atomic E-state index is -0.362. The topological polar surface area (TPSA) is 113 Å². The number of aryl methyl sites for hydroxylation is 1. The number of hydrogen-bond acceptors (Lipinski definition) is 6. The van der Waals surface area contributed by atoms with Gasteiger partial charge in [-0.25, -0.2) is 14.6 Å². The van der Waals surface area contributed by atoms with Gasteiger partial charge in [-0.15, -0.1) is 11.3 Å². The Balaban J connectivity index is 1.36. The first-order valence-electron chi connectivity index (χ1n) is 10.3. The van der Waals surface area contributed by atoms with Gasteiger partial charge in [0.15, 0.2) is 5.13 Å². The van der Waals surface area contributed by atoms with Gasteiger partial charge in [-0.05, 0) is 38.3 Å². The first-order valence-corrected chi connectivity index (χ1v) is 11.2. The van der Waals surface area contributed by atoms with Crippen LogP contribution in [0.5, 0.6) is 0 Å². The van der Waals surface area contributed by atoms with Crippen LogP contribution in [0.2, 0.25) is 0 Å². The van der Waals surface area contributed by atoms with E-state index in [1.807, 2.05) is 23.6 Å². The lowest BCUT2D eigenvalue weighted by molar-refractivity contribution is -0.122. The van der Waals surface area contributed by atoms with Crippen molar-refractivity contribution in [1.82, 2.24) is 15.2 Å². The lowest BCUT2D eigenvalue weighted by Crippen LogP contribution is -2.46. The Labute approximate surface area is 185 Å². The van der Waals surface area contributed by atoms with Gasteiger partial charge in [-0.3, -0.25) is 10.1 Å². The summed E-state index contributed by atoms with van der Waals surface area (Å²) in [7, 11) is 0. The van der Waals surface area contributed by atoms with Crippen LogP contribution in [0.25, 0.3) is 0 Å². The lowest BCUT2D eigenvalue weighted by atomic mass is 10.1. The SMILES string of the molecule is CCOC(=O)N1CCC(NC(=O)CCc2csc(NC(=O)Nc3ccccc3)n2)CC1. The third-order valence-electron chi connectivity index (χ3n) is 4.80. The zero-order chi connectivity index (χ0) is 22.1. The number of carbonyl (C=O) groups is 3. The third-order valence-corrected chi connectivity index (χ3v) is 5.60. The molecule has 0 saturated carbocycles. The van der Waals surface area contributed by atoms with E-state index in [2.05, 4.69) is 20.9 Å². The number of hydrogen-bond donors (Lipinski definition) is 3. The number of rotatable bonds is 7. The minimum Gasteiger partial charge on any atom is -0.450 e. The van der Waals surface area contributed by atoms with Crippen LogP contribution in [-0.4, -0.2) is 53.7 Å². The van der Waals surface area contributed by atoms with E-state index in [-0.39, 0.29) is 24.1 Å². The van der Waals surface area contributed by atoms with E-state index in [9.17, 15) is 14.4 Å². The number of amides is 4. The molecule has 1 aliphatic heterocycles. The quantitative estimate of drug-likeness (QED) is 0.604. The lowest BCUT2D eigenvalue weighted by Gasteiger charge is -2.31. The molecule has 0 radical (unpaired) electrons. The van der Waals surface area contributed by atoms with E-state index < -0.39 is 0 Å². The molecule has 0 atom stereocenters. The molecule has 3 N–H and O–H groups in total. The van der Waals surface area contributed by atoms with Gasteiger partial charge in [0.2, 0.25) is 5.91 Å². The second kappa shape index (κ2) is 11.3. The molecule has 31 heavy (non-hydrogen) atoms. The number of para-hydroxylation sites is 1. The molecule has 166 valence electrons. The number of benzene rings is 1. The van der Waals surface area contributed by atoms with Crippen molar-refractivity contribution >= 4 is 40.2 Å². The van der Waals surface area contributed by atoms with Crippen LogP contribution in [0.1, 0.15) is 31.9 Å². The van der Waals surface area contributed by atoms with Crippen LogP contribution >= 0.6 is 11.3 Å². The summed E-state index contributed by atoms with van der Waals surface area (Å²) in [5.74, 6) is -0.0427. The first kappa shape index (κ1) is 22.5. The van der Waals surface area contributed by atoms with E-state index >= 15 is 0 Å². The smallest absolute Gasteiger partial charge is 0.409 e. The Hall–Kier alpha value is -3.14. The molecular weight excluding hydrogens is 418 g/mol. The van der Waals surface area contributed by atoms with E-state index in [1.165, 1.54) is 11.3 Å². The highest BCUT2D eigenvalue weighted by molar-refractivity contribution is 7.13. The number of thiazole rings is 1. The van der Waals surface area contributed by atoms with Crippen LogP contribution in [0.15, 0.2) is 35.7 Å². The third kappa shape index (κ3) is 7.25. The van der Waals surface area contributed by atoms with Gasteiger partial charge in [0.25, 0.3) is 0 Å². The van der Waals surface area contributed by atoms with Gasteiger partial charge in [0, 0.05) is 36.6 Å². The molecule has 1 saturated heterocycles. The average molecular weight is 446 g/mol. The van der Waals surface area contributed by atoms with Gasteiger partial charge in [-0.1, -0.05) is 18.2 Å². The number of ether oxygens (including phenoxy) is 1. The summed E-state index contributed by atoms with van der Waals surface area (Å²) in [6.45, 7) is 3.30. The summed E-state index contributed by atoms with van der Waals surface area (Å²) >= 11 is 1.32. The van der Waals surface area contributed by atoms with Gasteiger partial charge < -0.3 is 20.3 Å². The van der Waals surface area contributed by atoms with Gasteiger partial charge >= 0.3 is 12.1 Å². The van der Waals surface area contributed by atoms with Crippen molar-refractivity contribution in [2.75, 3.05) is 30.3 Å². The molecule has 9 nitrogen and oxygen atoms in total. The predicted octanol–water partition coefficient (Wildman–Crippen LogP) is 3.46. The summed E-state index contributed by atoms with van der Waals surface area (Å²) in [6, 6.07) is 8.85. The second-order valence-corrected chi connectivity index (χ2v) is 7.98. The molecule has 1 fully saturated rings. The number of nitrogens with zero attached hydrogens (tertiary/aromatic N) is 2. The Morgan fingerprint density at radius 3 is 2.61 bits per heavy atom. The molecule has 0 spiro atoms. The molecule has 1 aromatic carbocycles. The molecule has 4 amide bonds. The normalized spacial score (nSPS) is 14.0. The molecule has 0 aliphatic carbocycles. The van der Waals surface area contributed by atoms with Crippen LogP contribution in [0.4, 0.5) is 20.4 Å². The summed E-state index contributed by atoms with van der Waals surface area (Å²) in [5.41, 5.74) is 1.45. The average Bonchev–Trinajstić information content (AvgIpc) is 3.21. The highest BCUT2D eigenvalue weighted by atomic mass is 32.1. The summed E-state index contributed by atoms with van der Waals surface area (Å²) < 4.78 is 5.00. The number of aromatic nitrogens is 1. The molecule has 2 heterocycles. The fraction of sp³-hybridized carbons (Fsp3) is 0.429. The number of nitrogens with one attached hydrogen (secondary N) is 3. The number of urea groups is 1. The van der Waals surface area contributed by atoms with Crippen LogP contribution in [0.3, 0.4) is 0 Å². The molecule has 0 unspecified atom stereocenters. The molecule has 10 heteroatoms. The number of carbonyl (C=O) groups excluding carboxylic acids is 3. The van der Waals surface area contributed by atoms with Crippen molar-refractivity contribution in [2.24, 2.45) is 0 Å². The molecular formula is C21H27N5O4S. The molecule has 0 bridgehead atoms. The summed E-state index contributed by atoms with van der Waals surface area (Å²) in [4.78, 5) is 42.1. The summed E-state index contributed by atoms with van der Waals surface area (Å²) in [6.07, 6.45) is 1.94. The molecule has 1 aromatic heterocycles. The fourth-order valence-corrected chi connectivity index (χ4v) is 3.96. The molecule has 2 aromatic rings. The van der Waals surface area contributed by atoms with Crippen molar-refractivity contribution < 1.29 is 19.1 Å². The number of piperidine rings is 1. The largest absolute Gasteiger partial charge is 0.450 e. The van der Waals surface area contributed by atoms with Crippen molar-refractivity contribution in [3.63, 3.8) is 0 Å². The van der Waals surface area contributed by atoms with Crippen molar-refractivity contribution in [3.8, 4) is 0 Å². The minimum absolute atomic E-state index is 0.0427. The maximum atomic E-state index is 12.3. The van der Waals surface area contributed by atoms with E-state index in [1.54, 1.807) is 24.0 Å². The maximum absolute atomic E-state index is 12.3. The zero-order valence-corrected chi connectivity index (χ0v) is 18.2. The molecule has 3 rings (SSSR count). The molecule has 1 aliphatic rings. The maximum Gasteiger partial charge on any atom is 0.409 e. The fourth-order valence-electron chi connectivity index (χ4n) is 3.22. The van der Waals surface area contributed by atoms with E-state index in [0.717, 1.165) is 5.69 Å². The highest BCUT2D eigenvalue weighted by Crippen LogP contribution is 2.18. The van der Waals surface area contributed by atoms with Gasteiger partial charge in [0.1, 0.15) is 0 Å². The predicted molar refractivity (Wildman–Crippen MR) is 119 cm³/mol. The van der Waals surface area contributed by atoms with Crippen molar-refractivity contribution in [2.45, 2.75) is 38.6 Å². The zero-order valence-electron chi connectivity index (χ0n) is 17.4. The van der Waals surface area contributed by atoms with Crippen molar-refractivity contribution in [3.05, 3.63) is 41.4 Å². The Morgan fingerprint density at radius 1 is 1.16 bits per heavy atom.